The molecule has 0 unspecified atom stereocenters. The van der Waals surface area contributed by atoms with E-state index in [4.69, 9.17) is 4.42 Å². The Morgan fingerprint density at radius 3 is 2.70 bits per heavy atom. The molecule has 2 rings (SSSR count). The van der Waals surface area contributed by atoms with Crippen LogP contribution in [0.15, 0.2) is 45.5 Å². The molecule has 0 saturated heterocycles. The van der Waals surface area contributed by atoms with Gasteiger partial charge in [-0.25, -0.2) is 0 Å². The highest BCUT2D eigenvalue weighted by atomic mass is 79.9. The molecule has 0 aliphatic heterocycles. The minimum absolute atomic E-state index is 0.489. The van der Waals surface area contributed by atoms with Gasteiger partial charge in [-0.15, -0.1) is 0 Å². The molecule has 0 aliphatic rings. The lowest BCUT2D eigenvalue weighted by Gasteiger charge is -2.19. The molecule has 0 radical (unpaired) electrons. The minimum Gasteiger partial charge on any atom is -0.467 e. The van der Waals surface area contributed by atoms with Gasteiger partial charge in [0.25, 0.3) is 0 Å². The summed E-state index contributed by atoms with van der Waals surface area (Å²) < 4.78 is 6.51. The summed E-state index contributed by atoms with van der Waals surface area (Å²) >= 11 is 3.65. The third-order valence-corrected chi connectivity index (χ3v) is 3.89. The summed E-state index contributed by atoms with van der Waals surface area (Å²) in [6.07, 6.45) is 1.71. The van der Waals surface area contributed by atoms with Crippen LogP contribution in [0.3, 0.4) is 0 Å². The van der Waals surface area contributed by atoms with Gasteiger partial charge in [-0.2, -0.15) is 0 Å². The van der Waals surface area contributed by atoms with Gasteiger partial charge >= 0.3 is 0 Å². The van der Waals surface area contributed by atoms with Gasteiger partial charge in [-0.3, -0.25) is 0 Å². The molecule has 3 nitrogen and oxygen atoms in total. The van der Waals surface area contributed by atoms with Crippen molar-refractivity contribution in [1.82, 2.24) is 5.32 Å². The standard InChI is InChI=1S/C16H21BrN2O/c1-12(2)18-10-13-6-7-14(9-16(13)17)19(3)11-15-5-4-8-20-15/h4-9,12,18H,10-11H2,1-3H3. The number of anilines is 1. The van der Waals surface area contributed by atoms with Crippen LogP contribution in [0.25, 0.3) is 0 Å². The molecule has 4 heteroatoms. The Bertz CT molecular complexity index is 537. The van der Waals surface area contributed by atoms with Crippen LogP contribution in [0.1, 0.15) is 25.2 Å². The fourth-order valence-electron chi connectivity index (χ4n) is 1.96. The van der Waals surface area contributed by atoms with Crippen LogP contribution < -0.4 is 10.2 Å². The summed E-state index contributed by atoms with van der Waals surface area (Å²) in [5.74, 6) is 0.967. The number of nitrogens with one attached hydrogen (secondary N) is 1. The normalized spacial score (nSPS) is 11.1. The average Bonchev–Trinajstić information content (AvgIpc) is 2.89. The minimum atomic E-state index is 0.489. The summed E-state index contributed by atoms with van der Waals surface area (Å²) in [5.41, 5.74) is 2.44. The molecule has 20 heavy (non-hydrogen) atoms. The lowest BCUT2D eigenvalue weighted by Crippen LogP contribution is -2.22. The van der Waals surface area contributed by atoms with Crippen LogP contribution in [0.2, 0.25) is 0 Å². The first-order valence-electron chi connectivity index (χ1n) is 6.81. The largest absolute Gasteiger partial charge is 0.467 e. The summed E-state index contributed by atoms with van der Waals surface area (Å²) in [4.78, 5) is 2.17. The van der Waals surface area contributed by atoms with E-state index >= 15 is 0 Å². The fourth-order valence-corrected chi connectivity index (χ4v) is 2.47. The first kappa shape index (κ1) is 15.1. The molecule has 0 amide bonds. The number of halogens is 1. The van der Waals surface area contributed by atoms with E-state index in [9.17, 15) is 0 Å². The molecule has 1 aromatic carbocycles. The van der Waals surface area contributed by atoms with E-state index in [2.05, 4.69) is 65.2 Å². The van der Waals surface area contributed by atoms with Gasteiger partial charge in [0, 0.05) is 29.8 Å². The second-order valence-electron chi connectivity index (χ2n) is 5.25. The van der Waals surface area contributed by atoms with Gasteiger partial charge in [0.2, 0.25) is 0 Å². The van der Waals surface area contributed by atoms with Crippen LogP contribution in [-0.4, -0.2) is 13.1 Å². The molecule has 0 fully saturated rings. The Labute approximate surface area is 129 Å². The molecule has 1 N–H and O–H groups in total. The number of rotatable bonds is 6. The van der Waals surface area contributed by atoms with Gasteiger partial charge in [-0.1, -0.05) is 35.8 Å². The molecule has 108 valence electrons. The van der Waals surface area contributed by atoms with E-state index in [0.717, 1.165) is 23.3 Å². The molecule has 1 heterocycles. The highest BCUT2D eigenvalue weighted by Gasteiger charge is 2.07. The second kappa shape index (κ2) is 6.95. The summed E-state index contributed by atoms with van der Waals surface area (Å²) in [7, 11) is 2.07. The van der Waals surface area contributed by atoms with Crippen LogP contribution in [0.4, 0.5) is 5.69 Å². The van der Waals surface area contributed by atoms with E-state index in [1.165, 1.54) is 11.3 Å². The first-order chi connectivity index (χ1) is 9.56. The van der Waals surface area contributed by atoms with Crippen LogP contribution in [0.5, 0.6) is 0 Å². The summed E-state index contributed by atoms with van der Waals surface area (Å²) in [5, 5.41) is 3.43. The fraction of sp³-hybridized carbons (Fsp3) is 0.375. The molecule has 0 aliphatic carbocycles. The van der Waals surface area contributed by atoms with Crippen molar-refractivity contribution in [3.8, 4) is 0 Å². The molecular formula is C16H21BrN2O. The van der Waals surface area contributed by atoms with Crippen LogP contribution in [0, 0.1) is 0 Å². The van der Waals surface area contributed by atoms with Crippen molar-refractivity contribution in [2.45, 2.75) is 33.0 Å². The zero-order valence-electron chi connectivity index (χ0n) is 12.2. The molecule has 1 aromatic heterocycles. The van der Waals surface area contributed by atoms with Crippen molar-refractivity contribution in [3.05, 3.63) is 52.4 Å². The molecule has 0 bridgehead atoms. The van der Waals surface area contributed by atoms with E-state index in [-0.39, 0.29) is 0 Å². The van der Waals surface area contributed by atoms with E-state index in [1.807, 2.05) is 12.1 Å². The molecule has 0 atom stereocenters. The van der Waals surface area contributed by atoms with Crippen molar-refractivity contribution in [1.29, 1.82) is 0 Å². The smallest absolute Gasteiger partial charge is 0.123 e. The number of nitrogens with zero attached hydrogens (tertiary/aromatic N) is 1. The highest BCUT2D eigenvalue weighted by molar-refractivity contribution is 9.10. The van der Waals surface area contributed by atoms with Gasteiger partial charge < -0.3 is 14.6 Å². The number of benzene rings is 1. The van der Waals surface area contributed by atoms with Crippen molar-refractivity contribution < 1.29 is 4.42 Å². The topological polar surface area (TPSA) is 28.4 Å². The maximum absolute atomic E-state index is 5.38. The predicted molar refractivity (Wildman–Crippen MR) is 86.9 cm³/mol. The van der Waals surface area contributed by atoms with Gasteiger partial charge in [0.1, 0.15) is 5.76 Å². The summed E-state index contributed by atoms with van der Waals surface area (Å²) in [6, 6.07) is 10.9. The SMILES string of the molecule is CC(C)NCc1ccc(N(C)Cc2ccco2)cc1Br. The Kier molecular flexibility index (Phi) is 5.26. The number of hydrogen-bond acceptors (Lipinski definition) is 3. The van der Waals surface area contributed by atoms with Gasteiger partial charge in [0.15, 0.2) is 0 Å². The van der Waals surface area contributed by atoms with Gasteiger partial charge in [0.05, 0.1) is 12.8 Å². The van der Waals surface area contributed by atoms with Crippen molar-refractivity contribution in [3.63, 3.8) is 0 Å². The zero-order chi connectivity index (χ0) is 14.5. The van der Waals surface area contributed by atoms with Crippen molar-refractivity contribution in [2.24, 2.45) is 0 Å². The Balaban J connectivity index is 2.04. The molecular weight excluding hydrogens is 316 g/mol. The monoisotopic (exact) mass is 336 g/mol. The lowest BCUT2D eigenvalue weighted by atomic mass is 10.2. The van der Waals surface area contributed by atoms with E-state index in [1.54, 1.807) is 6.26 Å². The maximum Gasteiger partial charge on any atom is 0.123 e. The lowest BCUT2D eigenvalue weighted by molar-refractivity contribution is 0.507. The van der Waals surface area contributed by atoms with Crippen molar-refractivity contribution >= 4 is 21.6 Å². The van der Waals surface area contributed by atoms with Gasteiger partial charge in [-0.05, 0) is 29.8 Å². The highest BCUT2D eigenvalue weighted by Crippen LogP contribution is 2.24. The quantitative estimate of drug-likeness (QED) is 0.857. The number of furan rings is 1. The third-order valence-electron chi connectivity index (χ3n) is 3.15. The molecule has 0 saturated carbocycles. The van der Waals surface area contributed by atoms with Crippen LogP contribution >= 0.6 is 15.9 Å². The predicted octanol–water partition coefficient (Wildman–Crippen LogP) is 4.18. The second-order valence-corrected chi connectivity index (χ2v) is 6.10. The Morgan fingerprint density at radius 2 is 2.10 bits per heavy atom. The van der Waals surface area contributed by atoms with E-state index in [0.29, 0.717) is 6.04 Å². The summed E-state index contributed by atoms with van der Waals surface area (Å²) in [6.45, 7) is 5.95. The van der Waals surface area contributed by atoms with Crippen LogP contribution in [-0.2, 0) is 13.1 Å². The zero-order valence-corrected chi connectivity index (χ0v) is 13.8. The molecule has 0 spiro atoms. The first-order valence-corrected chi connectivity index (χ1v) is 7.61. The van der Waals surface area contributed by atoms with Crippen molar-refractivity contribution in [2.75, 3.05) is 11.9 Å². The third kappa shape index (κ3) is 4.12. The Hall–Kier alpha value is -1.26. The van der Waals surface area contributed by atoms with E-state index < -0.39 is 0 Å². The maximum atomic E-state index is 5.38. The Morgan fingerprint density at radius 1 is 1.30 bits per heavy atom. The average molecular weight is 337 g/mol. The number of hydrogen-bond donors (Lipinski definition) is 1. The molecule has 2 aromatic rings.